The molecule has 0 radical (unpaired) electrons. The molecule has 1 amide bonds. The summed E-state index contributed by atoms with van der Waals surface area (Å²) in [6.45, 7) is 1.95. The van der Waals surface area contributed by atoms with Gasteiger partial charge in [-0.3, -0.25) is 9.63 Å². The molecule has 2 atom stereocenters. The number of nitrogens with zero attached hydrogens (tertiary/aromatic N) is 1. The smallest absolute Gasteiger partial charge is 0.267 e. The monoisotopic (exact) mass is 165 g/mol. The van der Waals surface area contributed by atoms with Crippen molar-refractivity contribution in [3.63, 3.8) is 0 Å². The zero-order valence-corrected chi connectivity index (χ0v) is 6.93. The number of rotatable bonds is 1. The first-order valence-electron chi connectivity index (χ1n) is 4.12. The van der Waals surface area contributed by atoms with Gasteiger partial charge in [-0.15, -0.1) is 0 Å². The number of amides is 1. The Hall–Kier alpha value is -1.09. The zero-order valence-electron chi connectivity index (χ0n) is 6.93. The van der Waals surface area contributed by atoms with Crippen molar-refractivity contribution in [1.82, 2.24) is 5.06 Å². The number of hydrogen-bond donors (Lipinski definition) is 0. The summed E-state index contributed by atoms with van der Waals surface area (Å²) in [6.07, 6.45) is 8.34. The van der Waals surface area contributed by atoms with Crippen molar-refractivity contribution in [3.05, 3.63) is 24.3 Å². The predicted molar refractivity (Wildman–Crippen MR) is 44.1 cm³/mol. The second-order valence-corrected chi connectivity index (χ2v) is 3.00. The topological polar surface area (TPSA) is 29.5 Å². The molecule has 1 fully saturated rings. The van der Waals surface area contributed by atoms with Crippen LogP contribution in [0.1, 0.15) is 13.3 Å². The number of fused-ring (bicyclic) bond motifs is 1. The van der Waals surface area contributed by atoms with Gasteiger partial charge in [0.15, 0.2) is 0 Å². The molecule has 0 spiro atoms. The molecular weight excluding hydrogens is 154 g/mol. The fourth-order valence-electron chi connectivity index (χ4n) is 1.57. The molecule has 3 heteroatoms. The van der Waals surface area contributed by atoms with E-state index in [1.54, 1.807) is 6.08 Å². The average Bonchev–Trinajstić information content (AvgIpc) is 2.55. The van der Waals surface area contributed by atoms with E-state index in [0.717, 1.165) is 6.42 Å². The van der Waals surface area contributed by atoms with Crippen LogP contribution < -0.4 is 0 Å². The first-order chi connectivity index (χ1) is 5.81. The number of carbonyl (C=O) groups excluding carboxylic acids is 1. The Balaban J connectivity index is 2.07. The van der Waals surface area contributed by atoms with E-state index in [4.69, 9.17) is 4.84 Å². The summed E-state index contributed by atoms with van der Waals surface area (Å²) in [4.78, 5) is 16.5. The normalized spacial score (nSPS) is 33.8. The van der Waals surface area contributed by atoms with Crippen LogP contribution in [-0.4, -0.2) is 23.1 Å². The highest BCUT2D eigenvalue weighted by atomic mass is 16.7. The molecule has 2 rings (SSSR count). The van der Waals surface area contributed by atoms with Gasteiger partial charge >= 0.3 is 0 Å². The lowest BCUT2D eigenvalue weighted by molar-refractivity contribution is -0.171. The van der Waals surface area contributed by atoms with Gasteiger partial charge < -0.3 is 0 Å². The molecular formula is C9H11NO2. The maximum Gasteiger partial charge on any atom is 0.270 e. The van der Waals surface area contributed by atoms with Crippen LogP contribution in [0.4, 0.5) is 0 Å². The molecule has 2 heterocycles. The fraction of sp³-hybridized carbons (Fsp3) is 0.444. The summed E-state index contributed by atoms with van der Waals surface area (Å²) >= 11 is 0. The van der Waals surface area contributed by atoms with Gasteiger partial charge in [0.25, 0.3) is 5.91 Å². The van der Waals surface area contributed by atoms with E-state index in [-0.39, 0.29) is 18.1 Å². The molecule has 64 valence electrons. The van der Waals surface area contributed by atoms with Crippen LogP contribution in [0.3, 0.4) is 0 Å². The summed E-state index contributed by atoms with van der Waals surface area (Å²) in [5, 5.41) is 1.45. The van der Waals surface area contributed by atoms with E-state index in [0.29, 0.717) is 0 Å². The third-order valence-corrected chi connectivity index (χ3v) is 2.11. The molecule has 0 aromatic heterocycles. The van der Waals surface area contributed by atoms with E-state index < -0.39 is 0 Å². The molecule has 3 nitrogen and oxygen atoms in total. The SMILES string of the molecule is C/C=C/[C@@H]1C[C@@H]2C=CC(=O)N2O1. The Labute approximate surface area is 71.3 Å². The minimum absolute atomic E-state index is 0.0352. The molecule has 2 aliphatic heterocycles. The number of hydrogen-bond acceptors (Lipinski definition) is 2. The Kier molecular flexibility index (Phi) is 1.73. The molecule has 0 aromatic rings. The van der Waals surface area contributed by atoms with Crippen molar-refractivity contribution in [2.75, 3.05) is 0 Å². The molecule has 12 heavy (non-hydrogen) atoms. The lowest BCUT2D eigenvalue weighted by Crippen LogP contribution is -2.26. The van der Waals surface area contributed by atoms with Crippen molar-refractivity contribution in [2.45, 2.75) is 25.5 Å². The minimum atomic E-state index is -0.0352. The second kappa shape index (κ2) is 2.75. The summed E-state index contributed by atoms with van der Waals surface area (Å²) in [7, 11) is 0. The Morgan fingerprint density at radius 2 is 2.58 bits per heavy atom. The Morgan fingerprint density at radius 1 is 1.75 bits per heavy atom. The van der Waals surface area contributed by atoms with Gasteiger partial charge in [0.2, 0.25) is 0 Å². The molecule has 1 saturated heterocycles. The molecule has 0 bridgehead atoms. The largest absolute Gasteiger partial charge is 0.270 e. The lowest BCUT2D eigenvalue weighted by Gasteiger charge is -2.12. The Bertz CT molecular complexity index is 257. The highest BCUT2D eigenvalue weighted by Crippen LogP contribution is 2.26. The Morgan fingerprint density at radius 3 is 3.25 bits per heavy atom. The van der Waals surface area contributed by atoms with E-state index >= 15 is 0 Å². The first kappa shape index (κ1) is 7.55. The van der Waals surface area contributed by atoms with Crippen LogP contribution >= 0.6 is 0 Å². The zero-order chi connectivity index (χ0) is 8.55. The van der Waals surface area contributed by atoms with Crippen molar-refractivity contribution in [1.29, 1.82) is 0 Å². The number of hydroxylamine groups is 2. The van der Waals surface area contributed by atoms with Gasteiger partial charge in [0, 0.05) is 12.5 Å². The van der Waals surface area contributed by atoms with Crippen LogP contribution in [0.15, 0.2) is 24.3 Å². The number of carbonyl (C=O) groups is 1. The molecule has 2 aliphatic rings. The van der Waals surface area contributed by atoms with E-state index in [1.807, 2.05) is 25.2 Å². The summed E-state index contributed by atoms with van der Waals surface area (Å²) in [5.41, 5.74) is 0. The van der Waals surface area contributed by atoms with Gasteiger partial charge in [0.1, 0.15) is 6.10 Å². The van der Waals surface area contributed by atoms with Crippen molar-refractivity contribution in [3.8, 4) is 0 Å². The van der Waals surface area contributed by atoms with Gasteiger partial charge in [-0.2, -0.15) is 0 Å². The van der Waals surface area contributed by atoms with Crippen molar-refractivity contribution < 1.29 is 9.63 Å². The molecule has 0 saturated carbocycles. The maximum atomic E-state index is 11.1. The average molecular weight is 165 g/mol. The number of allylic oxidation sites excluding steroid dienone is 1. The van der Waals surface area contributed by atoms with Crippen LogP contribution in [0, 0.1) is 0 Å². The van der Waals surface area contributed by atoms with Crippen LogP contribution in [0.25, 0.3) is 0 Å². The first-order valence-corrected chi connectivity index (χ1v) is 4.12. The molecule has 0 unspecified atom stereocenters. The highest BCUT2D eigenvalue weighted by Gasteiger charge is 2.36. The van der Waals surface area contributed by atoms with Crippen molar-refractivity contribution in [2.24, 2.45) is 0 Å². The van der Waals surface area contributed by atoms with Gasteiger partial charge in [-0.25, -0.2) is 5.06 Å². The van der Waals surface area contributed by atoms with Crippen LogP contribution in [0.2, 0.25) is 0 Å². The molecule has 0 N–H and O–H groups in total. The summed E-state index contributed by atoms with van der Waals surface area (Å²) < 4.78 is 0. The van der Waals surface area contributed by atoms with Crippen molar-refractivity contribution >= 4 is 5.91 Å². The molecule has 0 aromatic carbocycles. The van der Waals surface area contributed by atoms with Gasteiger partial charge in [-0.05, 0) is 6.92 Å². The maximum absolute atomic E-state index is 11.1. The van der Waals surface area contributed by atoms with Gasteiger partial charge in [0.05, 0.1) is 6.04 Å². The summed E-state index contributed by atoms with van der Waals surface area (Å²) in [5.74, 6) is -0.0352. The van der Waals surface area contributed by atoms with E-state index in [1.165, 1.54) is 5.06 Å². The standard InChI is InChI=1S/C9H11NO2/c1-2-3-8-6-7-4-5-9(11)10(7)12-8/h2-5,7-8H,6H2,1H3/b3-2+/t7-,8+/m0/s1. The van der Waals surface area contributed by atoms with Gasteiger partial charge in [-0.1, -0.05) is 18.2 Å². The van der Waals surface area contributed by atoms with Crippen LogP contribution in [0.5, 0.6) is 0 Å². The minimum Gasteiger partial charge on any atom is -0.267 e. The second-order valence-electron chi connectivity index (χ2n) is 3.00. The predicted octanol–water partition coefficient (Wildman–Crippen LogP) is 1.03. The third-order valence-electron chi connectivity index (χ3n) is 2.11. The quantitative estimate of drug-likeness (QED) is 0.543. The highest BCUT2D eigenvalue weighted by molar-refractivity contribution is 5.89. The van der Waals surface area contributed by atoms with E-state index in [9.17, 15) is 4.79 Å². The molecule has 0 aliphatic carbocycles. The lowest BCUT2D eigenvalue weighted by atomic mass is 10.1. The fourth-order valence-corrected chi connectivity index (χ4v) is 1.57. The van der Waals surface area contributed by atoms with E-state index in [2.05, 4.69) is 0 Å². The summed E-state index contributed by atoms with van der Waals surface area (Å²) in [6, 6.07) is 0.165. The third kappa shape index (κ3) is 1.06. The van der Waals surface area contributed by atoms with Crippen LogP contribution in [-0.2, 0) is 9.63 Å².